The Morgan fingerprint density at radius 3 is 2.47 bits per heavy atom. The van der Waals surface area contributed by atoms with Gasteiger partial charge in [0.15, 0.2) is 0 Å². The summed E-state index contributed by atoms with van der Waals surface area (Å²) < 4.78 is 0. The molecular formula is C17H28O2. The van der Waals surface area contributed by atoms with Crippen LogP contribution < -0.4 is 0 Å². The highest BCUT2D eigenvalue weighted by Crippen LogP contribution is 2.75. The van der Waals surface area contributed by atoms with Crippen molar-refractivity contribution < 1.29 is 9.90 Å². The third kappa shape index (κ3) is 1.58. The third-order valence-electron chi connectivity index (χ3n) is 7.50. The maximum atomic E-state index is 11.3. The zero-order valence-corrected chi connectivity index (χ0v) is 12.8. The summed E-state index contributed by atoms with van der Waals surface area (Å²) in [5, 5.41) is 9.28. The molecule has 0 amide bonds. The molecule has 2 unspecified atom stereocenters. The molecule has 108 valence electrons. The molecular weight excluding hydrogens is 236 g/mol. The Kier molecular flexibility index (Phi) is 2.67. The van der Waals surface area contributed by atoms with Crippen LogP contribution in [0.5, 0.6) is 0 Å². The average molecular weight is 264 g/mol. The van der Waals surface area contributed by atoms with Gasteiger partial charge < -0.3 is 5.11 Å². The lowest BCUT2D eigenvalue weighted by Crippen LogP contribution is -2.40. The molecule has 2 bridgehead atoms. The van der Waals surface area contributed by atoms with Gasteiger partial charge in [0.25, 0.3) is 0 Å². The molecule has 19 heavy (non-hydrogen) atoms. The number of rotatable bonds is 2. The van der Waals surface area contributed by atoms with Crippen molar-refractivity contribution in [2.24, 2.45) is 34.0 Å². The van der Waals surface area contributed by atoms with Gasteiger partial charge in [0.05, 0.1) is 6.42 Å². The molecule has 0 heterocycles. The Labute approximate surface area is 117 Å². The molecule has 0 aromatic heterocycles. The number of hydrogen-bond acceptors (Lipinski definition) is 1. The monoisotopic (exact) mass is 264 g/mol. The number of hydrogen-bond donors (Lipinski definition) is 1. The maximum Gasteiger partial charge on any atom is 0.303 e. The first-order valence-electron chi connectivity index (χ1n) is 7.94. The van der Waals surface area contributed by atoms with E-state index in [4.69, 9.17) is 0 Å². The zero-order valence-electron chi connectivity index (χ0n) is 12.8. The van der Waals surface area contributed by atoms with Crippen LogP contribution in [0.2, 0.25) is 0 Å². The Hall–Kier alpha value is -0.530. The predicted molar refractivity (Wildman–Crippen MR) is 75.8 cm³/mol. The topological polar surface area (TPSA) is 37.3 Å². The van der Waals surface area contributed by atoms with E-state index in [1.54, 1.807) is 0 Å². The Morgan fingerprint density at radius 2 is 1.84 bits per heavy atom. The highest BCUT2D eigenvalue weighted by atomic mass is 16.4. The Bertz CT molecular complexity index is 413. The van der Waals surface area contributed by atoms with Crippen LogP contribution in [0.25, 0.3) is 0 Å². The van der Waals surface area contributed by atoms with Gasteiger partial charge in [-0.25, -0.2) is 0 Å². The molecule has 5 atom stereocenters. The quantitative estimate of drug-likeness (QED) is 0.805. The van der Waals surface area contributed by atoms with Gasteiger partial charge in [0, 0.05) is 0 Å². The van der Waals surface area contributed by atoms with Crippen molar-refractivity contribution >= 4 is 5.97 Å². The minimum atomic E-state index is -0.612. The smallest absolute Gasteiger partial charge is 0.303 e. The van der Waals surface area contributed by atoms with Crippen LogP contribution in [-0.4, -0.2) is 11.1 Å². The number of aliphatic carboxylic acids is 1. The normalized spacial score (nSPS) is 51.1. The number of fused-ring (bicyclic) bond motifs is 1. The number of carboxylic acids is 1. The first kappa shape index (κ1) is 13.5. The van der Waals surface area contributed by atoms with Crippen molar-refractivity contribution in [3.63, 3.8) is 0 Å². The second kappa shape index (κ2) is 3.77. The minimum absolute atomic E-state index is 0.0185. The van der Waals surface area contributed by atoms with E-state index in [0.29, 0.717) is 23.2 Å². The van der Waals surface area contributed by atoms with E-state index >= 15 is 0 Å². The Balaban J connectivity index is 1.99. The molecule has 3 aliphatic carbocycles. The molecule has 3 aliphatic rings. The van der Waals surface area contributed by atoms with Gasteiger partial charge >= 0.3 is 5.97 Å². The van der Waals surface area contributed by atoms with Gasteiger partial charge in [-0.2, -0.15) is 0 Å². The molecule has 1 N–H and O–H groups in total. The van der Waals surface area contributed by atoms with E-state index in [1.165, 1.54) is 25.7 Å². The third-order valence-corrected chi connectivity index (χ3v) is 7.50. The summed E-state index contributed by atoms with van der Waals surface area (Å²) in [7, 11) is 0. The molecule has 3 rings (SSSR count). The van der Waals surface area contributed by atoms with Crippen LogP contribution in [0, 0.1) is 34.0 Å². The molecule has 1 spiro atoms. The largest absolute Gasteiger partial charge is 0.481 e. The number of carboxylic acid groups (broad SMARTS) is 1. The molecule has 0 aromatic rings. The highest BCUT2D eigenvalue weighted by molar-refractivity contribution is 5.67. The van der Waals surface area contributed by atoms with E-state index < -0.39 is 5.97 Å². The first-order chi connectivity index (χ1) is 8.72. The van der Waals surface area contributed by atoms with Crippen LogP contribution >= 0.6 is 0 Å². The van der Waals surface area contributed by atoms with E-state index in [0.717, 1.165) is 18.3 Å². The zero-order chi connectivity index (χ0) is 14.1. The molecule has 3 saturated carbocycles. The van der Waals surface area contributed by atoms with Crippen molar-refractivity contribution in [2.75, 3.05) is 0 Å². The van der Waals surface area contributed by atoms with E-state index in [2.05, 4.69) is 27.7 Å². The fraction of sp³-hybridized carbons (Fsp3) is 0.941. The summed E-state index contributed by atoms with van der Waals surface area (Å²) in [6.45, 7) is 9.53. The summed E-state index contributed by atoms with van der Waals surface area (Å²) in [4.78, 5) is 11.3. The van der Waals surface area contributed by atoms with Gasteiger partial charge in [-0.3, -0.25) is 4.79 Å². The van der Waals surface area contributed by atoms with E-state index in [9.17, 15) is 9.90 Å². The summed E-state index contributed by atoms with van der Waals surface area (Å²) in [5.41, 5.74) is 0.891. The average Bonchev–Trinajstić information content (AvgIpc) is 2.69. The van der Waals surface area contributed by atoms with Crippen LogP contribution in [-0.2, 0) is 4.79 Å². The second-order valence-corrected chi connectivity index (χ2v) is 8.57. The molecule has 0 aliphatic heterocycles. The highest BCUT2D eigenvalue weighted by Gasteiger charge is 2.67. The van der Waals surface area contributed by atoms with Crippen LogP contribution in [0.4, 0.5) is 0 Å². The van der Waals surface area contributed by atoms with Crippen LogP contribution in [0.3, 0.4) is 0 Å². The predicted octanol–water partition coefficient (Wildman–Crippen LogP) is 4.34. The van der Waals surface area contributed by atoms with Crippen LogP contribution in [0.1, 0.15) is 66.2 Å². The lowest BCUT2D eigenvalue weighted by atomic mass is 9.58. The fourth-order valence-electron chi connectivity index (χ4n) is 6.59. The van der Waals surface area contributed by atoms with Crippen molar-refractivity contribution in [1.29, 1.82) is 0 Å². The standard InChI is InChI=1S/C17H28O2/c1-11-5-6-12-15(2,3)13-9-17(11,12)8-7-16(13,4)10-14(18)19/h11-13H,5-10H2,1-4H3,(H,18,19)/t11-,12?,13?,16+,17+/m0/s1. The summed E-state index contributed by atoms with van der Waals surface area (Å²) in [5.74, 6) is 1.66. The molecule has 2 nitrogen and oxygen atoms in total. The molecule has 0 saturated heterocycles. The van der Waals surface area contributed by atoms with Gasteiger partial charge in [0.1, 0.15) is 0 Å². The van der Waals surface area contributed by atoms with Crippen LogP contribution in [0.15, 0.2) is 0 Å². The van der Waals surface area contributed by atoms with Crippen molar-refractivity contribution in [1.82, 2.24) is 0 Å². The minimum Gasteiger partial charge on any atom is -0.481 e. The van der Waals surface area contributed by atoms with Crippen molar-refractivity contribution in [3.8, 4) is 0 Å². The lowest BCUT2D eigenvalue weighted by molar-refractivity contribution is -0.142. The lowest BCUT2D eigenvalue weighted by Gasteiger charge is -2.47. The summed E-state index contributed by atoms with van der Waals surface area (Å²) in [6.07, 6.45) is 6.79. The Morgan fingerprint density at radius 1 is 1.16 bits per heavy atom. The molecule has 0 radical (unpaired) electrons. The molecule has 0 aromatic carbocycles. The first-order valence-corrected chi connectivity index (χ1v) is 7.94. The van der Waals surface area contributed by atoms with E-state index in [-0.39, 0.29) is 5.41 Å². The van der Waals surface area contributed by atoms with Crippen molar-refractivity contribution in [3.05, 3.63) is 0 Å². The van der Waals surface area contributed by atoms with Crippen molar-refractivity contribution in [2.45, 2.75) is 66.2 Å². The maximum absolute atomic E-state index is 11.3. The summed E-state index contributed by atoms with van der Waals surface area (Å²) in [6, 6.07) is 0. The summed E-state index contributed by atoms with van der Waals surface area (Å²) >= 11 is 0. The SMILES string of the molecule is C[C@H]1CCC2C(C)(C)C3C[C@@]21CC[C@]3(C)CC(=O)O. The fourth-order valence-corrected chi connectivity index (χ4v) is 6.59. The second-order valence-electron chi connectivity index (χ2n) is 8.57. The van der Waals surface area contributed by atoms with Gasteiger partial charge in [-0.1, -0.05) is 27.7 Å². The van der Waals surface area contributed by atoms with Gasteiger partial charge in [0.2, 0.25) is 0 Å². The molecule has 3 fully saturated rings. The van der Waals surface area contributed by atoms with Gasteiger partial charge in [-0.05, 0) is 66.1 Å². The van der Waals surface area contributed by atoms with E-state index in [1.807, 2.05) is 0 Å². The number of carbonyl (C=O) groups is 1. The van der Waals surface area contributed by atoms with Gasteiger partial charge in [-0.15, -0.1) is 0 Å². The molecule has 2 heteroatoms.